The molecule has 0 saturated heterocycles. The molecule has 156 valence electrons. The van der Waals surface area contributed by atoms with Crippen molar-refractivity contribution in [2.45, 2.75) is 20.8 Å². The number of rotatable bonds is 5. The first kappa shape index (κ1) is 20.4. The standard InChI is InChI=1S/C26H24N2O3/c1-16-10-11-27-23(12-16)28-24(29)13-17(2)20-14-21-22(19-8-6-5-7-9-19)15-31-26(21)18(3)25(20)30-4/h5-15H,1-4H3,(H,27,28,29)/b17-13+. The Morgan fingerprint density at radius 3 is 2.61 bits per heavy atom. The molecule has 5 heteroatoms. The lowest BCUT2D eigenvalue weighted by Crippen LogP contribution is -2.10. The second kappa shape index (κ2) is 8.48. The number of hydrogen-bond acceptors (Lipinski definition) is 4. The lowest BCUT2D eigenvalue weighted by molar-refractivity contribution is -0.111. The molecule has 2 aromatic heterocycles. The molecule has 0 bridgehead atoms. The highest BCUT2D eigenvalue weighted by Gasteiger charge is 2.18. The van der Waals surface area contributed by atoms with E-state index in [0.29, 0.717) is 11.6 Å². The predicted molar refractivity (Wildman–Crippen MR) is 124 cm³/mol. The van der Waals surface area contributed by atoms with Crippen molar-refractivity contribution in [3.8, 4) is 16.9 Å². The highest BCUT2D eigenvalue weighted by Crippen LogP contribution is 2.40. The second-order valence-electron chi connectivity index (χ2n) is 7.51. The zero-order chi connectivity index (χ0) is 22.0. The van der Waals surface area contributed by atoms with Crippen LogP contribution in [0.1, 0.15) is 23.6 Å². The predicted octanol–water partition coefficient (Wildman–Crippen LogP) is 6.16. The molecule has 0 fully saturated rings. The molecular formula is C26H24N2O3. The number of allylic oxidation sites excluding steroid dienone is 1. The Morgan fingerprint density at radius 1 is 1.13 bits per heavy atom. The Kier molecular flexibility index (Phi) is 5.58. The molecule has 1 N–H and O–H groups in total. The van der Waals surface area contributed by atoms with E-state index in [1.54, 1.807) is 25.6 Å². The van der Waals surface area contributed by atoms with Crippen molar-refractivity contribution in [3.05, 3.63) is 83.8 Å². The number of aromatic nitrogens is 1. The average molecular weight is 412 g/mol. The molecule has 0 radical (unpaired) electrons. The van der Waals surface area contributed by atoms with Crippen molar-refractivity contribution in [2.24, 2.45) is 0 Å². The summed E-state index contributed by atoms with van der Waals surface area (Å²) in [6.07, 6.45) is 5.01. The molecule has 5 nitrogen and oxygen atoms in total. The Morgan fingerprint density at radius 2 is 1.90 bits per heavy atom. The van der Waals surface area contributed by atoms with Crippen LogP contribution in [-0.2, 0) is 4.79 Å². The lowest BCUT2D eigenvalue weighted by Gasteiger charge is -2.13. The molecule has 1 amide bonds. The maximum atomic E-state index is 12.6. The second-order valence-corrected chi connectivity index (χ2v) is 7.51. The molecule has 0 aliphatic rings. The number of carbonyl (C=O) groups is 1. The van der Waals surface area contributed by atoms with Gasteiger partial charge in [-0.3, -0.25) is 4.79 Å². The number of furan rings is 1. The van der Waals surface area contributed by atoms with Crippen molar-refractivity contribution in [1.82, 2.24) is 4.98 Å². The Balaban J connectivity index is 1.76. The van der Waals surface area contributed by atoms with Crippen molar-refractivity contribution >= 4 is 28.3 Å². The van der Waals surface area contributed by atoms with E-state index in [4.69, 9.17) is 9.15 Å². The first-order valence-electron chi connectivity index (χ1n) is 10.0. The Hall–Kier alpha value is -3.86. The fourth-order valence-corrected chi connectivity index (χ4v) is 3.75. The van der Waals surface area contributed by atoms with Crippen LogP contribution in [0.5, 0.6) is 5.75 Å². The summed E-state index contributed by atoms with van der Waals surface area (Å²) in [6.45, 7) is 5.82. The van der Waals surface area contributed by atoms with E-state index in [1.165, 1.54) is 0 Å². The van der Waals surface area contributed by atoms with Gasteiger partial charge in [-0.05, 0) is 55.7 Å². The van der Waals surface area contributed by atoms with E-state index in [-0.39, 0.29) is 5.91 Å². The first-order valence-corrected chi connectivity index (χ1v) is 10.0. The molecule has 0 atom stereocenters. The van der Waals surface area contributed by atoms with Crippen LogP contribution in [0, 0.1) is 13.8 Å². The average Bonchev–Trinajstić information content (AvgIpc) is 3.18. The van der Waals surface area contributed by atoms with Gasteiger partial charge in [-0.2, -0.15) is 0 Å². The smallest absolute Gasteiger partial charge is 0.249 e. The van der Waals surface area contributed by atoms with E-state index >= 15 is 0 Å². The van der Waals surface area contributed by atoms with Crippen LogP contribution in [0.4, 0.5) is 5.82 Å². The van der Waals surface area contributed by atoms with Crippen LogP contribution < -0.4 is 10.1 Å². The van der Waals surface area contributed by atoms with E-state index in [9.17, 15) is 4.79 Å². The van der Waals surface area contributed by atoms with Gasteiger partial charge in [0.2, 0.25) is 5.91 Å². The minimum atomic E-state index is -0.245. The molecule has 0 spiro atoms. The number of ether oxygens (including phenoxy) is 1. The number of aryl methyl sites for hydroxylation is 2. The maximum absolute atomic E-state index is 12.6. The Bertz CT molecular complexity index is 1290. The molecule has 2 heterocycles. The quantitative estimate of drug-likeness (QED) is 0.399. The fraction of sp³-hybridized carbons (Fsp3) is 0.154. The van der Waals surface area contributed by atoms with Gasteiger partial charge in [0.15, 0.2) is 0 Å². The van der Waals surface area contributed by atoms with Crippen LogP contribution in [0.15, 0.2) is 71.5 Å². The third kappa shape index (κ3) is 4.08. The fourth-order valence-electron chi connectivity index (χ4n) is 3.75. The summed E-state index contributed by atoms with van der Waals surface area (Å²) in [5.41, 5.74) is 6.41. The van der Waals surface area contributed by atoms with Crippen LogP contribution in [0.2, 0.25) is 0 Å². The van der Waals surface area contributed by atoms with Gasteiger partial charge in [0, 0.05) is 34.3 Å². The monoisotopic (exact) mass is 412 g/mol. The van der Waals surface area contributed by atoms with Crippen LogP contribution >= 0.6 is 0 Å². The van der Waals surface area contributed by atoms with Crippen molar-refractivity contribution in [2.75, 3.05) is 12.4 Å². The van der Waals surface area contributed by atoms with Gasteiger partial charge in [0.25, 0.3) is 0 Å². The molecule has 0 aliphatic heterocycles. The third-order valence-electron chi connectivity index (χ3n) is 5.27. The maximum Gasteiger partial charge on any atom is 0.249 e. The molecule has 0 saturated carbocycles. The number of hydrogen-bond donors (Lipinski definition) is 1. The Labute approximate surface area is 181 Å². The zero-order valence-corrected chi connectivity index (χ0v) is 18.0. The van der Waals surface area contributed by atoms with Crippen LogP contribution in [-0.4, -0.2) is 18.0 Å². The van der Waals surface area contributed by atoms with E-state index in [1.807, 2.05) is 57.2 Å². The minimum absolute atomic E-state index is 0.245. The molecule has 0 unspecified atom stereocenters. The highest BCUT2D eigenvalue weighted by molar-refractivity contribution is 6.05. The van der Waals surface area contributed by atoms with Gasteiger partial charge in [-0.25, -0.2) is 4.98 Å². The van der Waals surface area contributed by atoms with E-state index in [0.717, 1.165) is 44.4 Å². The summed E-state index contributed by atoms with van der Waals surface area (Å²) in [7, 11) is 1.63. The summed E-state index contributed by atoms with van der Waals surface area (Å²) in [5.74, 6) is 0.969. The zero-order valence-electron chi connectivity index (χ0n) is 18.0. The molecular weight excluding hydrogens is 388 g/mol. The van der Waals surface area contributed by atoms with Gasteiger partial charge < -0.3 is 14.5 Å². The minimum Gasteiger partial charge on any atom is -0.496 e. The third-order valence-corrected chi connectivity index (χ3v) is 5.27. The first-order chi connectivity index (χ1) is 15.0. The largest absolute Gasteiger partial charge is 0.496 e. The van der Waals surface area contributed by atoms with Gasteiger partial charge in [-0.15, -0.1) is 0 Å². The number of amides is 1. The highest BCUT2D eigenvalue weighted by atomic mass is 16.5. The summed E-state index contributed by atoms with van der Waals surface area (Å²) in [6, 6.07) is 15.8. The summed E-state index contributed by atoms with van der Waals surface area (Å²) in [5, 5.41) is 3.80. The molecule has 2 aromatic carbocycles. The van der Waals surface area contributed by atoms with Crippen molar-refractivity contribution < 1.29 is 13.9 Å². The van der Waals surface area contributed by atoms with Crippen LogP contribution in [0.3, 0.4) is 0 Å². The SMILES string of the molecule is COc1c(/C(C)=C/C(=O)Nc2cc(C)ccn2)cc2c(-c3ccccc3)coc2c1C. The van der Waals surface area contributed by atoms with Crippen LogP contribution in [0.25, 0.3) is 27.7 Å². The number of nitrogens with zero attached hydrogens (tertiary/aromatic N) is 1. The normalized spacial score (nSPS) is 11.5. The molecule has 31 heavy (non-hydrogen) atoms. The number of benzene rings is 2. The van der Waals surface area contributed by atoms with Crippen molar-refractivity contribution in [3.63, 3.8) is 0 Å². The number of carbonyl (C=O) groups excluding carboxylic acids is 1. The molecule has 4 rings (SSSR count). The summed E-state index contributed by atoms with van der Waals surface area (Å²) in [4.78, 5) is 16.8. The van der Waals surface area contributed by atoms with E-state index in [2.05, 4.69) is 22.4 Å². The summed E-state index contributed by atoms with van der Waals surface area (Å²) < 4.78 is 11.6. The van der Waals surface area contributed by atoms with Gasteiger partial charge >= 0.3 is 0 Å². The topological polar surface area (TPSA) is 64.4 Å². The molecule has 0 aliphatic carbocycles. The summed E-state index contributed by atoms with van der Waals surface area (Å²) >= 11 is 0. The molecule has 4 aromatic rings. The van der Waals surface area contributed by atoms with Gasteiger partial charge in [-0.1, -0.05) is 30.3 Å². The number of methoxy groups -OCH3 is 1. The van der Waals surface area contributed by atoms with E-state index < -0.39 is 0 Å². The number of anilines is 1. The lowest BCUT2D eigenvalue weighted by atomic mass is 9.96. The van der Waals surface area contributed by atoms with Gasteiger partial charge in [0.1, 0.15) is 17.2 Å². The van der Waals surface area contributed by atoms with Crippen molar-refractivity contribution in [1.29, 1.82) is 0 Å². The number of pyridine rings is 1. The number of nitrogens with one attached hydrogen (secondary N) is 1. The number of fused-ring (bicyclic) bond motifs is 1. The van der Waals surface area contributed by atoms with Gasteiger partial charge in [0.05, 0.1) is 13.4 Å².